The molecule has 22 heavy (non-hydrogen) atoms. The van der Waals surface area contributed by atoms with Crippen LogP contribution in [0.15, 0.2) is 39.5 Å². The fourth-order valence-electron chi connectivity index (χ4n) is 2.29. The first-order valence-electron chi connectivity index (χ1n) is 7.56. The molecule has 120 valence electrons. The maximum Gasteiger partial charge on any atom is 0.434 e. The molecule has 2 rings (SSSR count). The quantitative estimate of drug-likeness (QED) is 0.765. The minimum Gasteiger partial charge on any atom is -0.490 e. The molecule has 2 aromatic rings. The Bertz CT molecular complexity index is 597. The molecule has 0 radical (unpaired) electrons. The van der Waals surface area contributed by atoms with E-state index in [-0.39, 0.29) is 6.10 Å². The molecule has 1 heterocycles. The normalized spacial score (nSPS) is 13.7. The molecule has 2 unspecified atom stereocenters. The fraction of sp³-hybridized carbons (Fsp3) is 0.500. The highest BCUT2D eigenvalue weighted by molar-refractivity contribution is 7.98. The van der Waals surface area contributed by atoms with E-state index in [1.807, 2.05) is 30.3 Å². The van der Waals surface area contributed by atoms with Crippen LogP contribution in [0.1, 0.15) is 32.6 Å². The maximum atomic E-state index is 10.9. The Morgan fingerprint density at radius 3 is 2.64 bits per heavy atom. The van der Waals surface area contributed by atoms with Gasteiger partial charge in [-0.2, -0.15) is 11.8 Å². The van der Waals surface area contributed by atoms with Crippen molar-refractivity contribution in [3.05, 3.63) is 46.8 Å². The van der Waals surface area contributed by atoms with E-state index < -0.39 is 5.76 Å². The van der Waals surface area contributed by atoms with Crippen LogP contribution in [0.4, 0.5) is 0 Å². The molecular weight excluding hydrogens is 300 g/mol. The summed E-state index contributed by atoms with van der Waals surface area (Å²) in [6, 6.07) is 9.93. The first-order valence-corrected chi connectivity index (χ1v) is 8.72. The van der Waals surface area contributed by atoms with Crippen LogP contribution in [-0.4, -0.2) is 22.1 Å². The summed E-state index contributed by atoms with van der Waals surface area (Å²) in [5.41, 5.74) is 0. The number of nitrogens with zero attached hydrogens (tertiary/aromatic N) is 1. The number of aromatic amines is 1. The summed E-state index contributed by atoms with van der Waals surface area (Å²) in [7, 11) is 0. The third-order valence-corrected chi connectivity index (χ3v) is 4.64. The Hall–Kier alpha value is -1.69. The number of nitrogens with one attached hydrogen (secondary N) is 1. The van der Waals surface area contributed by atoms with Crippen LogP contribution in [0.5, 0.6) is 5.75 Å². The molecule has 0 saturated carbocycles. The van der Waals surface area contributed by atoms with E-state index in [1.54, 1.807) is 11.8 Å². The van der Waals surface area contributed by atoms with Crippen molar-refractivity contribution in [2.24, 2.45) is 5.92 Å². The number of rotatable bonds is 9. The van der Waals surface area contributed by atoms with Crippen molar-refractivity contribution in [1.82, 2.24) is 10.2 Å². The van der Waals surface area contributed by atoms with Crippen molar-refractivity contribution in [2.45, 2.75) is 38.5 Å². The van der Waals surface area contributed by atoms with Crippen LogP contribution >= 0.6 is 11.8 Å². The summed E-state index contributed by atoms with van der Waals surface area (Å²) < 4.78 is 11.0. The number of hydrogen-bond donors (Lipinski definition) is 1. The highest BCUT2D eigenvalue weighted by atomic mass is 32.2. The smallest absolute Gasteiger partial charge is 0.434 e. The van der Waals surface area contributed by atoms with Gasteiger partial charge in [0.2, 0.25) is 5.89 Å². The van der Waals surface area contributed by atoms with E-state index in [2.05, 4.69) is 24.0 Å². The van der Waals surface area contributed by atoms with Crippen molar-refractivity contribution in [1.29, 1.82) is 0 Å². The maximum absolute atomic E-state index is 10.9. The van der Waals surface area contributed by atoms with Gasteiger partial charge in [-0.1, -0.05) is 32.0 Å². The van der Waals surface area contributed by atoms with Crippen molar-refractivity contribution in [3.8, 4) is 5.75 Å². The molecule has 0 aliphatic heterocycles. The second-order valence-corrected chi connectivity index (χ2v) is 6.10. The zero-order chi connectivity index (χ0) is 15.8. The highest BCUT2D eigenvalue weighted by Gasteiger charge is 2.20. The highest BCUT2D eigenvalue weighted by Crippen LogP contribution is 2.24. The molecule has 1 aromatic heterocycles. The van der Waals surface area contributed by atoms with Crippen molar-refractivity contribution in [3.63, 3.8) is 0 Å². The van der Waals surface area contributed by atoms with Crippen molar-refractivity contribution < 1.29 is 9.15 Å². The molecular formula is C16H22N2O3S. The van der Waals surface area contributed by atoms with E-state index in [9.17, 15) is 4.79 Å². The lowest BCUT2D eigenvalue weighted by molar-refractivity contribution is 0.138. The number of hydrogen-bond acceptors (Lipinski definition) is 5. The van der Waals surface area contributed by atoms with Gasteiger partial charge >= 0.3 is 5.76 Å². The molecule has 1 N–H and O–H groups in total. The van der Waals surface area contributed by atoms with Gasteiger partial charge in [-0.15, -0.1) is 5.10 Å². The van der Waals surface area contributed by atoms with E-state index in [4.69, 9.17) is 9.15 Å². The second-order valence-electron chi connectivity index (χ2n) is 5.07. The monoisotopic (exact) mass is 322 g/mol. The van der Waals surface area contributed by atoms with E-state index in [0.29, 0.717) is 17.6 Å². The second kappa shape index (κ2) is 8.68. The topological polar surface area (TPSA) is 68.1 Å². The van der Waals surface area contributed by atoms with Gasteiger partial charge in [-0.05, 0) is 25.0 Å². The van der Waals surface area contributed by atoms with E-state index in [1.165, 1.54) is 0 Å². The van der Waals surface area contributed by atoms with Gasteiger partial charge in [-0.3, -0.25) is 0 Å². The molecule has 0 aliphatic carbocycles. The molecule has 0 amide bonds. The lowest BCUT2D eigenvalue weighted by atomic mass is 9.99. The van der Waals surface area contributed by atoms with Gasteiger partial charge in [0.1, 0.15) is 11.9 Å². The summed E-state index contributed by atoms with van der Waals surface area (Å²) in [4.78, 5) is 10.9. The van der Waals surface area contributed by atoms with Crippen LogP contribution in [0.2, 0.25) is 0 Å². The summed E-state index contributed by atoms with van der Waals surface area (Å²) in [5, 5.41) is 6.09. The van der Waals surface area contributed by atoms with Gasteiger partial charge in [0, 0.05) is 11.7 Å². The van der Waals surface area contributed by atoms with Crippen LogP contribution in [0.3, 0.4) is 0 Å². The SMILES string of the molecule is CCC(CSCc1n[nH]c(=O)o1)C(CC)Oc1ccccc1. The van der Waals surface area contributed by atoms with Crippen LogP contribution < -0.4 is 10.5 Å². The van der Waals surface area contributed by atoms with Gasteiger partial charge in [0.15, 0.2) is 0 Å². The standard InChI is InChI=1S/C16H22N2O3S/c1-3-12(10-22-11-15-17-18-16(19)21-15)14(4-2)20-13-8-6-5-7-9-13/h5-9,12,14H,3-4,10-11H2,1-2H3,(H,18,19). The summed E-state index contributed by atoms with van der Waals surface area (Å²) in [6.45, 7) is 4.32. The van der Waals surface area contributed by atoms with Crippen LogP contribution in [0, 0.1) is 5.92 Å². The number of thioether (sulfide) groups is 1. The average molecular weight is 322 g/mol. The number of benzene rings is 1. The third-order valence-electron chi connectivity index (χ3n) is 3.52. The third kappa shape index (κ3) is 4.94. The Morgan fingerprint density at radius 2 is 2.05 bits per heavy atom. The minimum absolute atomic E-state index is 0.186. The molecule has 5 nitrogen and oxygen atoms in total. The summed E-state index contributed by atoms with van der Waals surface area (Å²) in [5.74, 6) is 2.84. The molecule has 2 atom stereocenters. The van der Waals surface area contributed by atoms with Crippen LogP contribution in [-0.2, 0) is 5.75 Å². The zero-order valence-electron chi connectivity index (χ0n) is 13.0. The van der Waals surface area contributed by atoms with Gasteiger partial charge in [0.05, 0.1) is 5.75 Å². The summed E-state index contributed by atoms with van der Waals surface area (Å²) >= 11 is 1.71. The Labute approximate surface area is 134 Å². The van der Waals surface area contributed by atoms with Gasteiger partial charge < -0.3 is 9.15 Å². The molecule has 6 heteroatoms. The van der Waals surface area contributed by atoms with Gasteiger partial charge in [-0.25, -0.2) is 9.89 Å². The zero-order valence-corrected chi connectivity index (χ0v) is 13.8. The Morgan fingerprint density at radius 1 is 1.27 bits per heavy atom. The number of aromatic nitrogens is 2. The molecule has 0 fully saturated rings. The number of para-hydroxylation sites is 1. The summed E-state index contributed by atoms with van der Waals surface area (Å²) in [6.07, 6.45) is 2.19. The molecule has 0 bridgehead atoms. The lowest BCUT2D eigenvalue weighted by Gasteiger charge is -2.26. The average Bonchev–Trinajstić information content (AvgIpc) is 2.96. The van der Waals surface area contributed by atoms with E-state index >= 15 is 0 Å². The largest absolute Gasteiger partial charge is 0.490 e. The van der Waals surface area contributed by atoms with Gasteiger partial charge in [0.25, 0.3) is 0 Å². The fourth-order valence-corrected chi connectivity index (χ4v) is 3.46. The Kier molecular flexibility index (Phi) is 6.58. The number of H-pyrrole nitrogens is 1. The lowest BCUT2D eigenvalue weighted by Crippen LogP contribution is -2.27. The first-order chi connectivity index (χ1) is 10.7. The Balaban J connectivity index is 1.86. The van der Waals surface area contributed by atoms with E-state index in [0.717, 1.165) is 24.3 Å². The molecule has 1 aromatic carbocycles. The minimum atomic E-state index is -0.499. The molecule has 0 aliphatic rings. The van der Waals surface area contributed by atoms with Crippen molar-refractivity contribution in [2.75, 3.05) is 5.75 Å². The molecule has 0 spiro atoms. The number of ether oxygens (including phenoxy) is 1. The predicted molar refractivity (Wildman–Crippen MR) is 88.2 cm³/mol. The first kappa shape index (κ1) is 16.7. The molecule has 0 saturated heterocycles. The van der Waals surface area contributed by atoms with Crippen LogP contribution in [0.25, 0.3) is 0 Å². The van der Waals surface area contributed by atoms with Crippen molar-refractivity contribution >= 4 is 11.8 Å². The predicted octanol–water partition coefficient (Wildman–Crippen LogP) is 3.48.